The lowest BCUT2D eigenvalue weighted by Crippen LogP contribution is -2.04. The van der Waals surface area contributed by atoms with Crippen molar-refractivity contribution in [2.24, 2.45) is 4.99 Å². The molecule has 0 spiro atoms. The number of benzene rings is 1. The average Bonchev–Trinajstić information content (AvgIpc) is 2.21. The zero-order valence-corrected chi connectivity index (χ0v) is 8.36. The van der Waals surface area contributed by atoms with Gasteiger partial charge in [0.2, 0.25) is 6.08 Å². The largest absolute Gasteiger partial charge is 0.375 e. The Morgan fingerprint density at radius 1 is 1.43 bits per heavy atom. The number of ether oxygens (including phenoxy) is 1. The van der Waals surface area contributed by atoms with Crippen molar-refractivity contribution in [3.05, 3.63) is 35.4 Å². The molecular weight excluding hydrogens is 178 g/mol. The highest BCUT2D eigenvalue weighted by Gasteiger charge is 2.08. The summed E-state index contributed by atoms with van der Waals surface area (Å²) in [6.45, 7) is 2.35. The van der Waals surface area contributed by atoms with Gasteiger partial charge in [0.25, 0.3) is 0 Å². The van der Waals surface area contributed by atoms with Crippen LogP contribution in [0.3, 0.4) is 0 Å². The summed E-state index contributed by atoms with van der Waals surface area (Å²) in [7, 11) is 1.60. The van der Waals surface area contributed by atoms with Crippen molar-refractivity contribution in [2.45, 2.75) is 13.0 Å². The summed E-state index contributed by atoms with van der Waals surface area (Å²) in [5, 5.41) is 0. The molecule has 0 aliphatic heterocycles. The molecule has 1 rings (SSSR count). The number of methoxy groups -OCH3 is 1. The Morgan fingerprint density at radius 2 is 2.07 bits per heavy atom. The van der Waals surface area contributed by atoms with E-state index < -0.39 is 0 Å². The molecule has 0 aliphatic carbocycles. The molecule has 1 unspecified atom stereocenters. The molecule has 1 aromatic carbocycles. The summed E-state index contributed by atoms with van der Waals surface area (Å²) in [6, 6.07) is 7.96. The van der Waals surface area contributed by atoms with Gasteiger partial charge in [0.15, 0.2) is 0 Å². The van der Waals surface area contributed by atoms with Crippen LogP contribution >= 0.6 is 0 Å². The van der Waals surface area contributed by atoms with E-state index in [9.17, 15) is 4.79 Å². The van der Waals surface area contributed by atoms with Crippen LogP contribution in [0.2, 0.25) is 0 Å². The summed E-state index contributed by atoms with van der Waals surface area (Å²) < 4.78 is 5.21. The Balaban J connectivity index is 2.78. The van der Waals surface area contributed by atoms with E-state index >= 15 is 0 Å². The van der Waals surface area contributed by atoms with Gasteiger partial charge in [0.05, 0.1) is 6.54 Å². The first kappa shape index (κ1) is 10.6. The van der Waals surface area contributed by atoms with Crippen molar-refractivity contribution in [2.75, 3.05) is 13.7 Å². The van der Waals surface area contributed by atoms with Gasteiger partial charge < -0.3 is 4.74 Å². The Labute approximate surface area is 83.4 Å². The van der Waals surface area contributed by atoms with E-state index in [1.54, 1.807) is 7.11 Å². The van der Waals surface area contributed by atoms with Crippen LogP contribution < -0.4 is 0 Å². The van der Waals surface area contributed by atoms with Crippen molar-refractivity contribution in [3.8, 4) is 0 Å². The first-order valence-corrected chi connectivity index (χ1v) is 4.41. The molecule has 0 heterocycles. The normalized spacial score (nSPS) is 11.9. The van der Waals surface area contributed by atoms with Gasteiger partial charge in [-0.15, -0.1) is 0 Å². The second-order valence-electron chi connectivity index (χ2n) is 3.07. The molecule has 0 aliphatic rings. The minimum Gasteiger partial charge on any atom is -0.375 e. The quantitative estimate of drug-likeness (QED) is 0.539. The van der Waals surface area contributed by atoms with E-state index in [0.717, 1.165) is 5.56 Å². The van der Waals surface area contributed by atoms with Crippen LogP contribution in [0.15, 0.2) is 29.3 Å². The third kappa shape index (κ3) is 2.80. The highest BCUT2D eigenvalue weighted by atomic mass is 16.5. The molecule has 0 bridgehead atoms. The van der Waals surface area contributed by atoms with Crippen LogP contribution in [0.4, 0.5) is 0 Å². The van der Waals surface area contributed by atoms with Gasteiger partial charge >= 0.3 is 0 Å². The van der Waals surface area contributed by atoms with E-state index in [1.165, 1.54) is 11.6 Å². The highest BCUT2D eigenvalue weighted by molar-refractivity contribution is 5.33. The molecule has 0 N–H and O–H groups in total. The van der Waals surface area contributed by atoms with Crippen molar-refractivity contribution in [1.82, 2.24) is 0 Å². The maximum atomic E-state index is 9.96. The summed E-state index contributed by atoms with van der Waals surface area (Å²) in [5.74, 6) is 0. The maximum absolute atomic E-state index is 9.96. The fourth-order valence-corrected chi connectivity index (χ4v) is 1.22. The highest BCUT2D eigenvalue weighted by Crippen LogP contribution is 2.17. The number of hydrogen-bond acceptors (Lipinski definition) is 3. The number of aryl methyl sites for hydroxylation is 1. The van der Waals surface area contributed by atoms with Crippen LogP contribution in [0, 0.1) is 6.92 Å². The molecule has 0 saturated heterocycles. The van der Waals surface area contributed by atoms with Gasteiger partial charge in [-0.25, -0.2) is 9.79 Å². The number of nitrogens with zero attached hydrogens (tertiary/aromatic N) is 1. The number of hydrogen-bond donors (Lipinski definition) is 0. The van der Waals surface area contributed by atoms with Gasteiger partial charge in [-0.3, -0.25) is 0 Å². The Kier molecular flexibility index (Phi) is 4.05. The molecule has 14 heavy (non-hydrogen) atoms. The molecule has 0 radical (unpaired) electrons. The molecule has 0 aromatic heterocycles. The number of aliphatic imine (C=N–C) groups is 1. The van der Waals surface area contributed by atoms with Crippen molar-refractivity contribution in [3.63, 3.8) is 0 Å². The third-order valence-electron chi connectivity index (χ3n) is 2.06. The summed E-state index contributed by atoms with van der Waals surface area (Å²) in [4.78, 5) is 13.5. The fraction of sp³-hybridized carbons (Fsp3) is 0.364. The minimum absolute atomic E-state index is 0.156. The van der Waals surface area contributed by atoms with Gasteiger partial charge in [0.1, 0.15) is 6.10 Å². The topological polar surface area (TPSA) is 38.7 Å². The van der Waals surface area contributed by atoms with Crippen LogP contribution in [0.25, 0.3) is 0 Å². The van der Waals surface area contributed by atoms with E-state index in [4.69, 9.17) is 4.74 Å². The van der Waals surface area contributed by atoms with Crippen molar-refractivity contribution in [1.29, 1.82) is 0 Å². The standard InChI is InChI=1S/C11H13NO2/c1-9-3-5-10(6-4-9)11(14-2)7-12-8-13/h3-6,11H,7H2,1-2H3. The average molecular weight is 191 g/mol. The smallest absolute Gasteiger partial charge is 0.235 e. The van der Waals surface area contributed by atoms with Crippen LogP contribution in [-0.4, -0.2) is 19.7 Å². The van der Waals surface area contributed by atoms with Gasteiger partial charge in [-0.05, 0) is 12.5 Å². The molecule has 3 heteroatoms. The lowest BCUT2D eigenvalue weighted by molar-refractivity contribution is 0.111. The molecule has 0 fully saturated rings. The predicted molar refractivity (Wildman–Crippen MR) is 53.9 cm³/mol. The van der Waals surface area contributed by atoms with Crippen LogP contribution in [0.5, 0.6) is 0 Å². The summed E-state index contributed by atoms with van der Waals surface area (Å²) in [6.07, 6.45) is 1.35. The first-order valence-electron chi connectivity index (χ1n) is 4.41. The van der Waals surface area contributed by atoms with E-state index in [-0.39, 0.29) is 6.10 Å². The molecule has 3 nitrogen and oxygen atoms in total. The molecular formula is C11H13NO2. The number of carbonyl (C=O) groups excluding carboxylic acids is 1. The SMILES string of the molecule is COC(CN=C=O)c1ccc(C)cc1. The molecule has 1 atom stereocenters. The second-order valence-corrected chi connectivity index (χ2v) is 3.07. The molecule has 0 saturated carbocycles. The monoisotopic (exact) mass is 191 g/mol. The zero-order valence-electron chi connectivity index (χ0n) is 8.36. The van der Waals surface area contributed by atoms with E-state index in [2.05, 4.69) is 4.99 Å². The predicted octanol–water partition coefficient (Wildman–Crippen LogP) is 2.02. The second kappa shape index (κ2) is 5.32. The Morgan fingerprint density at radius 3 is 2.57 bits per heavy atom. The lowest BCUT2D eigenvalue weighted by atomic mass is 10.1. The lowest BCUT2D eigenvalue weighted by Gasteiger charge is -2.12. The van der Waals surface area contributed by atoms with E-state index in [0.29, 0.717) is 6.54 Å². The maximum Gasteiger partial charge on any atom is 0.235 e. The fourth-order valence-electron chi connectivity index (χ4n) is 1.22. The first-order chi connectivity index (χ1) is 6.77. The zero-order chi connectivity index (χ0) is 10.4. The Hall–Kier alpha value is -1.44. The van der Waals surface area contributed by atoms with Gasteiger partial charge in [0, 0.05) is 7.11 Å². The molecule has 74 valence electrons. The van der Waals surface area contributed by atoms with Crippen LogP contribution in [-0.2, 0) is 9.53 Å². The van der Waals surface area contributed by atoms with E-state index in [1.807, 2.05) is 31.2 Å². The number of isocyanates is 1. The third-order valence-corrected chi connectivity index (χ3v) is 2.06. The van der Waals surface area contributed by atoms with Gasteiger partial charge in [-0.1, -0.05) is 29.8 Å². The van der Waals surface area contributed by atoms with Gasteiger partial charge in [-0.2, -0.15) is 0 Å². The minimum atomic E-state index is -0.156. The molecule has 1 aromatic rings. The molecule has 0 amide bonds. The van der Waals surface area contributed by atoms with Crippen molar-refractivity contribution < 1.29 is 9.53 Å². The summed E-state index contributed by atoms with van der Waals surface area (Å²) >= 11 is 0. The Bertz CT molecular complexity index is 326. The van der Waals surface area contributed by atoms with Crippen LogP contribution in [0.1, 0.15) is 17.2 Å². The number of rotatable bonds is 4. The summed E-state index contributed by atoms with van der Waals surface area (Å²) in [5.41, 5.74) is 2.22. The van der Waals surface area contributed by atoms with Crippen molar-refractivity contribution >= 4 is 6.08 Å².